The summed E-state index contributed by atoms with van der Waals surface area (Å²) < 4.78 is 0. The topological polar surface area (TPSA) is 224 Å². The van der Waals surface area contributed by atoms with Gasteiger partial charge in [-0.25, -0.2) is 4.79 Å². The van der Waals surface area contributed by atoms with Gasteiger partial charge in [0.25, 0.3) is 0 Å². The number of nitrogens with two attached hydrogens (primary N) is 1. The van der Waals surface area contributed by atoms with E-state index in [0.717, 1.165) is 16.5 Å². The molecule has 0 aliphatic heterocycles. The van der Waals surface area contributed by atoms with Gasteiger partial charge < -0.3 is 42.0 Å². The highest BCUT2D eigenvalue weighted by atomic mass is 16.4. The lowest BCUT2D eigenvalue weighted by Crippen LogP contribution is -2.59. The summed E-state index contributed by atoms with van der Waals surface area (Å²) in [6, 6.07) is 8.41. The van der Waals surface area contributed by atoms with Gasteiger partial charge in [0.1, 0.15) is 23.9 Å². The molecule has 0 saturated heterocycles. The number of phenols is 1. The normalized spacial score (nSPS) is 14.6. The van der Waals surface area contributed by atoms with Gasteiger partial charge in [-0.15, -0.1) is 0 Å². The number of carbonyl (C=O) groups excluding carboxylic acids is 3. The number of carboxylic acids is 2. The third kappa shape index (κ3) is 9.04. The molecule has 13 heteroatoms. The van der Waals surface area contributed by atoms with Crippen LogP contribution < -0.4 is 21.7 Å². The first kappa shape index (κ1) is 32.6. The van der Waals surface area contributed by atoms with Gasteiger partial charge in [-0.1, -0.05) is 50.6 Å². The molecular weight excluding hydrogens is 558 g/mol. The van der Waals surface area contributed by atoms with Gasteiger partial charge in [0.05, 0.1) is 12.5 Å². The second-order valence-corrected chi connectivity index (χ2v) is 10.5. The van der Waals surface area contributed by atoms with Gasteiger partial charge in [0.15, 0.2) is 0 Å². The summed E-state index contributed by atoms with van der Waals surface area (Å²) in [6.07, 6.45) is 1.50. The fourth-order valence-corrected chi connectivity index (χ4v) is 4.58. The van der Waals surface area contributed by atoms with Crippen LogP contribution in [0.4, 0.5) is 0 Å². The van der Waals surface area contributed by atoms with E-state index in [9.17, 15) is 34.2 Å². The van der Waals surface area contributed by atoms with Crippen molar-refractivity contribution < 1.29 is 39.3 Å². The Morgan fingerprint density at radius 1 is 0.860 bits per heavy atom. The molecular formula is C30H37N5O8. The summed E-state index contributed by atoms with van der Waals surface area (Å²) in [5.41, 5.74) is 8.55. The summed E-state index contributed by atoms with van der Waals surface area (Å²) in [7, 11) is 0. The van der Waals surface area contributed by atoms with Crippen molar-refractivity contribution in [3.05, 3.63) is 65.9 Å². The minimum atomic E-state index is -1.71. The van der Waals surface area contributed by atoms with Gasteiger partial charge in [-0.2, -0.15) is 0 Å². The van der Waals surface area contributed by atoms with Gasteiger partial charge in [0, 0.05) is 23.5 Å². The molecule has 3 aromatic rings. The molecule has 2 aromatic carbocycles. The van der Waals surface area contributed by atoms with Gasteiger partial charge in [-0.3, -0.25) is 19.2 Å². The van der Waals surface area contributed by atoms with Gasteiger partial charge in [0.2, 0.25) is 17.7 Å². The number of amides is 3. The monoisotopic (exact) mass is 595 g/mol. The Balaban J connectivity index is 1.80. The van der Waals surface area contributed by atoms with Crippen LogP contribution in [0.3, 0.4) is 0 Å². The van der Waals surface area contributed by atoms with E-state index in [4.69, 9.17) is 10.8 Å². The average molecular weight is 596 g/mol. The van der Waals surface area contributed by atoms with Crippen molar-refractivity contribution >= 4 is 40.6 Å². The van der Waals surface area contributed by atoms with Crippen molar-refractivity contribution in [3.63, 3.8) is 0 Å². The highest BCUT2D eigenvalue weighted by Gasteiger charge is 2.33. The van der Waals surface area contributed by atoms with Gasteiger partial charge >= 0.3 is 11.9 Å². The maximum atomic E-state index is 13.6. The van der Waals surface area contributed by atoms with E-state index in [0.29, 0.717) is 12.0 Å². The number of aromatic hydroxyl groups is 1. The SMILES string of the molecule is CCC(C)C(NC(=O)C(Cc1ccc(O)cc1)NC(=O)C(N)Cc1c[nH]c2ccccc12)C(=O)NC(CC(=O)O)C(=O)O. The number of benzene rings is 2. The number of carbonyl (C=O) groups is 5. The van der Waals surface area contributed by atoms with E-state index in [1.807, 2.05) is 24.3 Å². The largest absolute Gasteiger partial charge is 0.508 e. The molecule has 3 amide bonds. The lowest BCUT2D eigenvalue weighted by atomic mass is 9.96. The van der Waals surface area contributed by atoms with Crippen molar-refractivity contribution in [1.29, 1.82) is 0 Å². The zero-order valence-electron chi connectivity index (χ0n) is 23.9. The maximum Gasteiger partial charge on any atom is 0.326 e. The molecule has 0 radical (unpaired) electrons. The number of aromatic amines is 1. The number of H-pyrrole nitrogens is 1. The number of nitrogens with one attached hydrogen (secondary N) is 4. The van der Waals surface area contributed by atoms with Crippen LogP contribution in [0, 0.1) is 5.92 Å². The molecule has 0 fully saturated rings. The molecule has 1 heterocycles. The fourth-order valence-electron chi connectivity index (χ4n) is 4.58. The molecule has 5 unspecified atom stereocenters. The van der Waals surface area contributed by atoms with E-state index in [1.165, 1.54) is 12.1 Å². The number of carboxylic acid groups (broad SMARTS) is 2. The highest BCUT2D eigenvalue weighted by Crippen LogP contribution is 2.19. The summed E-state index contributed by atoms with van der Waals surface area (Å²) in [5.74, 6) is -5.63. The van der Waals surface area contributed by atoms with Crippen LogP contribution in [-0.4, -0.2) is 74.1 Å². The smallest absolute Gasteiger partial charge is 0.326 e. The fraction of sp³-hybridized carbons (Fsp3) is 0.367. The van der Waals surface area contributed by atoms with Crippen LogP contribution in [0.2, 0.25) is 0 Å². The second kappa shape index (κ2) is 14.8. The van der Waals surface area contributed by atoms with Crippen molar-refractivity contribution in [1.82, 2.24) is 20.9 Å². The Hall–Kier alpha value is -4.91. The Morgan fingerprint density at radius 3 is 2.14 bits per heavy atom. The first-order valence-corrected chi connectivity index (χ1v) is 13.8. The van der Waals surface area contributed by atoms with E-state index in [-0.39, 0.29) is 18.6 Å². The Morgan fingerprint density at radius 2 is 1.51 bits per heavy atom. The number of fused-ring (bicyclic) bond motifs is 1. The molecule has 230 valence electrons. The molecule has 0 aliphatic rings. The number of para-hydroxylation sites is 1. The lowest BCUT2D eigenvalue weighted by Gasteiger charge is -2.28. The zero-order chi connectivity index (χ0) is 31.7. The van der Waals surface area contributed by atoms with Crippen molar-refractivity contribution in [2.45, 2.75) is 63.7 Å². The van der Waals surface area contributed by atoms with Crippen molar-refractivity contribution in [2.75, 3.05) is 0 Å². The number of aromatic nitrogens is 1. The first-order valence-electron chi connectivity index (χ1n) is 13.8. The third-order valence-electron chi connectivity index (χ3n) is 7.25. The first-order chi connectivity index (χ1) is 20.4. The van der Waals surface area contributed by atoms with Crippen molar-refractivity contribution in [2.24, 2.45) is 11.7 Å². The number of hydrogen-bond donors (Lipinski definition) is 8. The van der Waals surface area contributed by atoms with Crippen molar-refractivity contribution in [3.8, 4) is 5.75 Å². The number of rotatable bonds is 15. The van der Waals surface area contributed by atoms with E-state index >= 15 is 0 Å². The van der Waals surface area contributed by atoms with E-state index in [2.05, 4.69) is 20.9 Å². The number of hydrogen-bond acceptors (Lipinski definition) is 7. The summed E-state index contributed by atoms with van der Waals surface area (Å²) in [4.78, 5) is 65.6. The summed E-state index contributed by atoms with van der Waals surface area (Å²) in [5, 5.41) is 36.4. The molecule has 13 nitrogen and oxygen atoms in total. The molecule has 5 atom stereocenters. The average Bonchev–Trinajstić information content (AvgIpc) is 3.37. The lowest BCUT2D eigenvalue weighted by molar-refractivity contribution is -0.147. The molecule has 0 aliphatic carbocycles. The minimum absolute atomic E-state index is 0.0106. The Kier molecular flexibility index (Phi) is 11.2. The predicted octanol–water partition coefficient (Wildman–Crippen LogP) is 1.05. The quantitative estimate of drug-likeness (QED) is 0.125. The van der Waals surface area contributed by atoms with E-state index < -0.39 is 66.2 Å². The minimum Gasteiger partial charge on any atom is -0.508 e. The molecule has 0 bridgehead atoms. The molecule has 43 heavy (non-hydrogen) atoms. The zero-order valence-corrected chi connectivity index (χ0v) is 23.9. The van der Waals surface area contributed by atoms with E-state index in [1.54, 1.807) is 32.2 Å². The standard InChI is InChI=1S/C30H37N5O8/c1-3-16(2)26(29(41)34-24(30(42)43)14-25(37)38)35-28(40)23(12-17-8-10-19(36)11-9-17)33-27(39)21(31)13-18-15-32-22-7-5-4-6-20(18)22/h4-11,15-16,21,23-24,26,32,36H,3,12-14,31H2,1-2H3,(H,33,39)(H,34,41)(H,35,40)(H,37,38)(H,42,43). The number of aliphatic carboxylic acids is 2. The third-order valence-corrected chi connectivity index (χ3v) is 7.25. The van der Waals surface area contributed by atoms with Crippen LogP contribution in [0.5, 0.6) is 5.75 Å². The van der Waals surface area contributed by atoms with Gasteiger partial charge in [-0.05, 0) is 41.7 Å². The Labute approximate surface area is 247 Å². The van der Waals surface area contributed by atoms with Crippen LogP contribution in [0.1, 0.15) is 37.8 Å². The Bertz CT molecular complexity index is 1450. The number of phenolic OH excluding ortho intramolecular Hbond substituents is 1. The van der Waals surface area contributed by atoms with Crippen LogP contribution in [0.25, 0.3) is 10.9 Å². The predicted molar refractivity (Wildman–Crippen MR) is 157 cm³/mol. The van der Waals surface area contributed by atoms with Crippen LogP contribution >= 0.6 is 0 Å². The molecule has 1 aromatic heterocycles. The highest BCUT2D eigenvalue weighted by molar-refractivity contribution is 5.95. The summed E-state index contributed by atoms with van der Waals surface area (Å²) >= 11 is 0. The molecule has 0 spiro atoms. The maximum absolute atomic E-state index is 13.6. The van der Waals surface area contributed by atoms with Crippen LogP contribution in [-0.2, 0) is 36.8 Å². The summed E-state index contributed by atoms with van der Waals surface area (Å²) in [6.45, 7) is 3.44. The molecule has 0 saturated carbocycles. The molecule has 3 rings (SSSR count). The molecule has 9 N–H and O–H groups in total. The second-order valence-electron chi connectivity index (χ2n) is 10.5. The van der Waals surface area contributed by atoms with Crippen LogP contribution in [0.15, 0.2) is 54.7 Å².